The van der Waals surface area contributed by atoms with Crippen LogP contribution in [0.3, 0.4) is 0 Å². The molecular weight excluding hydrogens is 291 g/mol. The second-order valence-electron chi connectivity index (χ2n) is 1.39. The molecule has 0 spiro atoms. The molecule has 0 aliphatic carbocycles. The van der Waals surface area contributed by atoms with E-state index in [1.54, 1.807) is 0 Å². The SMILES string of the molecule is N.N.N.N.OB(O)O.OB(O)O.OB(O)O.OB(O)O. The standard InChI is InChI=1S/4BH3O3.4H3N/c4*2-1(3)4;;;;/h4*2-4H;4*1H3. The van der Waals surface area contributed by atoms with Crippen LogP contribution in [0, 0.1) is 0 Å². The molecule has 0 saturated heterocycles. The monoisotopic (exact) mass is 316 g/mol. The predicted molar refractivity (Wildman–Crippen MR) is 69.7 cm³/mol. The molecule has 0 aliphatic rings. The second kappa shape index (κ2) is 42.8. The summed E-state index contributed by atoms with van der Waals surface area (Å²) in [5.41, 5.74) is 0. The van der Waals surface area contributed by atoms with E-state index in [0.717, 1.165) is 0 Å². The largest absolute Gasteiger partial charge is 0.631 e. The molecule has 0 aromatic carbocycles. The van der Waals surface area contributed by atoms with Gasteiger partial charge in [-0.25, -0.2) is 0 Å². The van der Waals surface area contributed by atoms with Crippen LogP contribution in [-0.4, -0.2) is 89.6 Å². The summed E-state index contributed by atoms with van der Waals surface area (Å²) in [6, 6.07) is 0. The topological polar surface area (TPSA) is 383 Å². The maximum Gasteiger partial charge on any atom is 0.631 e. The van der Waals surface area contributed by atoms with Gasteiger partial charge in [0.05, 0.1) is 0 Å². The Hall–Kier alpha value is -0.380. The summed E-state index contributed by atoms with van der Waals surface area (Å²) >= 11 is 0. The van der Waals surface area contributed by atoms with Gasteiger partial charge in [-0.15, -0.1) is 0 Å². The lowest BCUT2D eigenvalue weighted by Gasteiger charge is -1.69. The van der Waals surface area contributed by atoms with Crippen LogP contribution >= 0.6 is 0 Å². The van der Waals surface area contributed by atoms with Crippen LogP contribution in [-0.2, 0) is 0 Å². The first kappa shape index (κ1) is 50.4. The van der Waals surface area contributed by atoms with Crippen LogP contribution in [0.1, 0.15) is 0 Å². The van der Waals surface area contributed by atoms with Crippen molar-refractivity contribution in [2.45, 2.75) is 0 Å². The van der Waals surface area contributed by atoms with Crippen molar-refractivity contribution in [2.75, 3.05) is 0 Å². The van der Waals surface area contributed by atoms with Gasteiger partial charge < -0.3 is 84.9 Å². The average molecular weight is 315 g/mol. The molecule has 0 aromatic rings. The van der Waals surface area contributed by atoms with Crippen molar-refractivity contribution < 1.29 is 60.3 Å². The van der Waals surface area contributed by atoms with E-state index in [2.05, 4.69) is 0 Å². The summed E-state index contributed by atoms with van der Waals surface area (Å²) in [6.45, 7) is 0. The molecule has 24 N–H and O–H groups in total. The molecule has 0 aliphatic heterocycles. The summed E-state index contributed by atoms with van der Waals surface area (Å²) in [5.74, 6) is 0. The normalized spacial score (nSPS) is 5.40. The first-order valence-corrected chi connectivity index (χ1v) is 3.10. The van der Waals surface area contributed by atoms with Crippen LogP contribution in [0.15, 0.2) is 0 Å². The molecule has 128 valence electrons. The van der Waals surface area contributed by atoms with Gasteiger partial charge in [-0.1, -0.05) is 0 Å². The quantitative estimate of drug-likeness (QED) is 0.184. The minimum absolute atomic E-state index is 0. The second-order valence-corrected chi connectivity index (χ2v) is 1.39. The number of rotatable bonds is 0. The zero-order valence-corrected chi connectivity index (χ0v) is 10.5. The lowest BCUT2D eigenvalue weighted by Crippen LogP contribution is -2.07. The maximum absolute atomic E-state index is 7.17. The Morgan fingerprint density at radius 1 is 0.250 bits per heavy atom. The van der Waals surface area contributed by atoms with Crippen molar-refractivity contribution in [1.82, 2.24) is 24.6 Å². The Labute approximate surface area is 115 Å². The third kappa shape index (κ3) is 33700. The number of hydrogen-bond acceptors (Lipinski definition) is 16. The molecule has 0 rings (SSSR count). The van der Waals surface area contributed by atoms with E-state index in [1.807, 2.05) is 0 Å². The lowest BCUT2D eigenvalue weighted by molar-refractivity contribution is 0.276. The van der Waals surface area contributed by atoms with E-state index in [0.29, 0.717) is 0 Å². The minimum atomic E-state index is -2.17. The smallest absolute Gasteiger partial charge is 0.402 e. The highest BCUT2D eigenvalue weighted by molar-refractivity contribution is 6.31. The third-order valence-electron chi connectivity index (χ3n) is 0. The summed E-state index contributed by atoms with van der Waals surface area (Å²) in [6.07, 6.45) is 0. The molecule has 0 amide bonds. The molecule has 0 radical (unpaired) electrons. The van der Waals surface area contributed by atoms with Crippen molar-refractivity contribution in [3.05, 3.63) is 0 Å². The Morgan fingerprint density at radius 2 is 0.250 bits per heavy atom. The fourth-order valence-electron chi connectivity index (χ4n) is 0. The van der Waals surface area contributed by atoms with Crippen LogP contribution in [0.4, 0.5) is 0 Å². The Balaban J connectivity index is -0.0000000150. The highest BCUT2D eigenvalue weighted by Gasteiger charge is 1.93. The minimum Gasteiger partial charge on any atom is -0.402 e. The molecule has 20 heteroatoms. The van der Waals surface area contributed by atoms with E-state index >= 15 is 0 Å². The zero-order valence-electron chi connectivity index (χ0n) is 10.5. The fraction of sp³-hybridized carbons (Fsp3) is 0. The Kier molecular flexibility index (Phi) is 108. The predicted octanol–water partition coefficient (Wildman–Crippen LogP) is -7.56. The van der Waals surface area contributed by atoms with E-state index in [1.165, 1.54) is 0 Å². The summed E-state index contributed by atoms with van der Waals surface area (Å²) in [5, 5.41) is 86.0. The first-order chi connectivity index (χ1) is 6.93. The van der Waals surface area contributed by atoms with Gasteiger partial charge in [0.2, 0.25) is 0 Å². The van der Waals surface area contributed by atoms with Gasteiger partial charge in [0.15, 0.2) is 0 Å². The van der Waals surface area contributed by atoms with E-state index in [-0.39, 0.29) is 24.6 Å². The molecule has 16 nitrogen and oxygen atoms in total. The van der Waals surface area contributed by atoms with Crippen LogP contribution < -0.4 is 24.6 Å². The third-order valence-corrected chi connectivity index (χ3v) is 0. The van der Waals surface area contributed by atoms with Crippen molar-refractivity contribution in [1.29, 1.82) is 0 Å². The fourth-order valence-corrected chi connectivity index (χ4v) is 0. The van der Waals surface area contributed by atoms with Gasteiger partial charge in [-0.3, -0.25) is 0 Å². The molecule has 0 unspecified atom stereocenters. The molecule has 20 heavy (non-hydrogen) atoms. The molecule has 0 aromatic heterocycles. The van der Waals surface area contributed by atoms with E-state index < -0.39 is 29.3 Å². The van der Waals surface area contributed by atoms with Gasteiger partial charge >= 0.3 is 29.3 Å². The van der Waals surface area contributed by atoms with Gasteiger partial charge in [0, 0.05) is 0 Å². The van der Waals surface area contributed by atoms with E-state index in [9.17, 15) is 0 Å². The molecule has 0 atom stereocenters. The van der Waals surface area contributed by atoms with Crippen molar-refractivity contribution >= 4 is 29.3 Å². The number of hydrogen-bond donors (Lipinski definition) is 16. The maximum atomic E-state index is 7.17. The molecular formula is H24B4N4O12. The van der Waals surface area contributed by atoms with E-state index in [4.69, 9.17) is 60.3 Å². The molecule has 0 saturated carbocycles. The van der Waals surface area contributed by atoms with Gasteiger partial charge in [-0.05, 0) is 0 Å². The summed E-state index contributed by atoms with van der Waals surface area (Å²) in [4.78, 5) is 0. The van der Waals surface area contributed by atoms with Crippen molar-refractivity contribution in [2.24, 2.45) is 0 Å². The Bertz CT molecular complexity index is 70.4. The van der Waals surface area contributed by atoms with Crippen molar-refractivity contribution in [3.63, 3.8) is 0 Å². The lowest BCUT2D eigenvalue weighted by atomic mass is 10.3. The average Bonchev–Trinajstić information content (AvgIpc) is 1.76. The van der Waals surface area contributed by atoms with Crippen molar-refractivity contribution in [3.8, 4) is 0 Å². The molecule has 0 fully saturated rings. The Morgan fingerprint density at radius 3 is 0.250 bits per heavy atom. The zero-order chi connectivity index (χ0) is 14.3. The van der Waals surface area contributed by atoms with Crippen LogP contribution in [0.5, 0.6) is 0 Å². The van der Waals surface area contributed by atoms with Gasteiger partial charge in [-0.2, -0.15) is 0 Å². The molecule has 0 heterocycles. The first-order valence-electron chi connectivity index (χ1n) is 3.10. The van der Waals surface area contributed by atoms with Crippen LogP contribution in [0.25, 0.3) is 0 Å². The highest BCUT2D eigenvalue weighted by Crippen LogP contribution is 1.41. The summed E-state index contributed by atoms with van der Waals surface area (Å²) in [7, 11) is -8.67. The van der Waals surface area contributed by atoms with Gasteiger partial charge in [0.25, 0.3) is 0 Å². The highest BCUT2D eigenvalue weighted by atomic mass is 16.5. The molecule has 0 bridgehead atoms. The summed E-state index contributed by atoms with van der Waals surface area (Å²) < 4.78 is 0. The van der Waals surface area contributed by atoms with Crippen LogP contribution in [0.2, 0.25) is 0 Å². The van der Waals surface area contributed by atoms with Gasteiger partial charge in [0.1, 0.15) is 0 Å².